The third kappa shape index (κ3) is 5.08. The molecule has 2 amide bonds. The van der Waals surface area contributed by atoms with Crippen molar-refractivity contribution in [1.82, 2.24) is 14.7 Å². The normalized spacial score (nSPS) is 24.1. The van der Waals surface area contributed by atoms with Gasteiger partial charge in [-0.15, -0.1) is 0 Å². The Morgan fingerprint density at radius 1 is 1.00 bits per heavy atom. The number of methoxy groups -OCH3 is 1. The molecule has 4 aromatic carbocycles. The minimum Gasteiger partial charge on any atom is -0.497 e. The second-order valence-electron chi connectivity index (χ2n) is 15.1. The summed E-state index contributed by atoms with van der Waals surface area (Å²) in [4.78, 5) is 46.2. The van der Waals surface area contributed by atoms with E-state index in [2.05, 4.69) is 43.3 Å². The van der Waals surface area contributed by atoms with Crippen LogP contribution in [0.25, 0.3) is 16.6 Å². The Kier molecular flexibility index (Phi) is 8.28. The first-order valence-electron chi connectivity index (χ1n) is 17.9. The lowest BCUT2D eigenvalue weighted by Crippen LogP contribution is -2.52. The Morgan fingerprint density at radius 3 is 2.42 bits per heavy atom. The number of fused-ring (bicyclic) bond motifs is 4. The summed E-state index contributed by atoms with van der Waals surface area (Å²) < 4.78 is 14.2. The van der Waals surface area contributed by atoms with Crippen LogP contribution in [-0.2, 0) is 32.9 Å². The average Bonchev–Trinajstić information content (AvgIpc) is 3.73. The summed E-state index contributed by atoms with van der Waals surface area (Å²) in [5.74, 6) is 0.144. The molecule has 2 N–H and O–H groups in total. The van der Waals surface area contributed by atoms with Crippen LogP contribution in [-0.4, -0.2) is 72.6 Å². The summed E-state index contributed by atoms with van der Waals surface area (Å²) in [7, 11) is 0.891. The number of carbonyl (C=O) groups excluding carboxylic acids is 2. The molecular weight excluding hydrogens is 673 g/mol. The second-order valence-corrected chi connectivity index (χ2v) is 19.7. The molecule has 268 valence electrons. The Bertz CT molecular complexity index is 2260. The van der Waals surface area contributed by atoms with Crippen molar-refractivity contribution in [3.05, 3.63) is 118 Å². The zero-order valence-corrected chi connectivity index (χ0v) is 31.1. The lowest BCUT2D eigenvalue weighted by molar-refractivity contribution is -0.150. The number of amides is 2. The van der Waals surface area contributed by atoms with E-state index in [0.29, 0.717) is 40.8 Å². The van der Waals surface area contributed by atoms with Crippen LogP contribution in [0.5, 0.6) is 5.75 Å². The van der Waals surface area contributed by atoms with E-state index in [1.54, 1.807) is 30.0 Å². The number of aromatic nitrogens is 2. The van der Waals surface area contributed by atoms with E-state index in [-0.39, 0.29) is 47.9 Å². The number of nitrogens with one attached hydrogen (secondary N) is 1. The Hall–Kier alpha value is -4.97. The van der Waals surface area contributed by atoms with Crippen molar-refractivity contribution in [2.45, 2.75) is 62.7 Å². The van der Waals surface area contributed by atoms with Crippen LogP contribution < -0.4 is 20.4 Å². The van der Waals surface area contributed by atoms with Gasteiger partial charge >= 0.3 is 0 Å². The maximum absolute atomic E-state index is 14.7. The van der Waals surface area contributed by atoms with Crippen LogP contribution in [0, 0.1) is 5.92 Å². The third-order valence-corrected chi connectivity index (χ3v) is 16.4. The molecule has 0 bridgehead atoms. The fourth-order valence-electron chi connectivity index (χ4n) is 9.32. The minimum atomic E-state index is -2.52. The van der Waals surface area contributed by atoms with E-state index in [9.17, 15) is 19.5 Å². The molecule has 8 rings (SSSR count). The summed E-state index contributed by atoms with van der Waals surface area (Å²) in [6.45, 7) is 6.92. The van der Waals surface area contributed by atoms with Crippen molar-refractivity contribution in [2.24, 2.45) is 5.92 Å². The summed E-state index contributed by atoms with van der Waals surface area (Å²) in [5.41, 5.74) is 3.21. The summed E-state index contributed by atoms with van der Waals surface area (Å²) >= 11 is 0. The molecule has 1 spiro atoms. The third-order valence-electron chi connectivity index (χ3n) is 12.1. The van der Waals surface area contributed by atoms with Gasteiger partial charge in [0.2, 0.25) is 5.91 Å². The highest BCUT2D eigenvalue weighted by Gasteiger charge is 2.66. The van der Waals surface area contributed by atoms with Crippen molar-refractivity contribution in [3.8, 4) is 11.4 Å². The number of hydrogen-bond acceptors (Lipinski definition) is 6. The van der Waals surface area contributed by atoms with Crippen LogP contribution in [0.1, 0.15) is 30.0 Å². The van der Waals surface area contributed by atoms with Crippen LogP contribution in [0.4, 0.5) is 5.69 Å². The molecule has 1 aromatic heterocycles. The number of rotatable bonds is 7. The molecule has 0 radical (unpaired) electrons. The van der Waals surface area contributed by atoms with Crippen molar-refractivity contribution >= 4 is 41.7 Å². The predicted octanol–water partition coefficient (Wildman–Crippen LogP) is 4.86. The molecule has 5 atom stereocenters. The largest absolute Gasteiger partial charge is 0.497 e. The summed E-state index contributed by atoms with van der Waals surface area (Å²) in [5, 5.41) is 15.4. The van der Waals surface area contributed by atoms with Gasteiger partial charge in [0.05, 0.1) is 62.6 Å². The Balaban J connectivity index is 1.23. The molecule has 0 aliphatic carbocycles. The number of anilines is 1. The summed E-state index contributed by atoms with van der Waals surface area (Å²) in [6, 6.07) is 28.8. The van der Waals surface area contributed by atoms with Gasteiger partial charge in [-0.1, -0.05) is 73.7 Å². The van der Waals surface area contributed by atoms with Crippen LogP contribution >= 0.6 is 0 Å². The predicted molar refractivity (Wildman–Crippen MR) is 203 cm³/mol. The average molecular weight is 717 g/mol. The highest BCUT2D eigenvalue weighted by atomic mass is 28.3. The molecule has 3 aliphatic heterocycles. The van der Waals surface area contributed by atoms with Gasteiger partial charge in [0.25, 0.3) is 11.5 Å². The number of benzene rings is 4. The van der Waals surface area contributed by atoms with Gasteiger partial charge in [0.15, 0.2) is 5.60 Å². The van der Waals surface area contributed by atoms with Gasteiger partial charge in [-0.05, 0) is 65.6 Å². The lowest BCUT2D eigenvalue weighted by Gasteiger charge is -2.39. The minimum absolute atomic E-state index is 0.0650. The number of likely N-dealkylation sites (N-methyl/N-ethyl adjacent to an activating group) is 1. The number of H-pyrrole nitrogens is 1. The number of ether oxygens (including phenoxy) is 2. The van der Waals surface area contributed by atoms with E-state index < -0.39 is 19.8 Å². The van der Waals surface area contributed by atoms with Crippen LogP contribution in [0.2, 0.25) is 18.6 Å². The van der Waals surface area contributed by atoms with Crippen LogP contribution in [0.15, 0.2) is 95.8 Å². The van der Waals surface area contributed by atoms with Gasteiger partial charge in [-0.25, -0.2) is 4.68 Å². The number of para-hydroxylation sites is 1. The molecule has 5 aromatic rings. The molecule has 1 saturated heterocycles. The maximum Gasteiger partial charge on any atom is 0.279 e. The van der Waals surface area contributed by atoms with E-state index in [1.807, 2.05) is 66.7 Å². The first kappa shape index (κ1) is 34.1. The van der Waals surface area contributed by atoms with Gasteiger partial charge < -0.3 is 24.4 Å². The fourth-order valence-corrected chi connectivity index (χ4v) is 13.3. The molecule has 0 unspecified atom stereocenters. The number of hydrogen-bond donors (Lipinski definition) is 2. The molecule has 0 saturated carbocycles. The van der Waals surface area contributed by atoms with E-state index in [4.69, 9.17) is 9.47 Å². The van der Waals surface area contributed by atoms with Crippen molar-refractivity contribution in [3.63, 3.8) is 0 Å². The van der Waals surface area contributed by atoms with E-state index in [1.165, 1.54) is 9.87 Å². The molecule has 52 heavy (non-hydrogen) atoms. The van der Waals surface area contributed by atoms with Crippen molar-refractivity contribution in [2.75, 3.05) is 25.7 Å². The zero-order chi connectivity index (χ0) is 36.5. The monoisotopic (exact) mass is 716 g/mol. The zero-order valence-electron chi connectivity index (χ0n) is 30.1. The highest BCUT2D eigenvalue weighted by Crippen LogP contribution is 2.60. The summed E-state index contributed by atoms with van der Waals surface area (Å²) in [6.07, 6.45) is 0.0486. The van der Waals surface area contributed by atoms with E-state index >= 15 is 0 Å². The lowest BCUT2D eigenvalue weighted by atomic mass is 9.82. The topological polar surface area (TPSA) is 117 Å². The number of aromatic amines is 1. The van der Waals surface area contributed by atoms with Crippen LogP contribution in [0.3, 0.4) is 0 Å². The molecule has 1 fully saturated rings. The highest BCUT2D eigenvalue weighted by molar-refractivity contribution is 6.91. The maximum atomic E-state index is 14.7. The van der Waals surface area contributed by atoms with Gasteiger partial charge in [-0.2, -0.15) is 0 Å². The van der Waals surface area contributed by atoms with Gasteiger partial charge in [-0.3, -0.25) is 19.5 Å². The quantitative estimate of drug-likeness (QED) is 0.233. The molecule has 11 heteroatoms. The SMILES string of the molecule is COc1ccc([Si](C)(C)[C@H]2[C@H](CC(=O)N3Cc4ccccc4C[C@H]3CO)O[C@@]3(C(=O)N(C)c4ccc(-n5[nH]c6ccccc6c5=O)cc43)[C@@H]2C)cc1. The number of aliphatic hydroxyl groups is 1. The van der Waals surface area contributed by atoms with E-state index in [0.717, 1.165) is 16.9 Å². The smallest absolute Gasteiger partial charge is 0.279 e. The first-order valence-corrected chi connectivity index (χ1v) is 21.0. The Labute approximate surface area is 303 Å². The second kappa shape index (κ2) is 12.6. The number of carbonyl (C=O) groups is 2. The fraction of sp³-hybridized carbons (Fsp3) is 0.341. The molecule has 3 aliphatic rings. The first-order chi connectivity index (χ1) is 25.0. The Morgan fingerprint density at radius 2 is 1.71 bits per heavy atom. The molecular formula is C41H44N4O6Si. The standard InChI is InChI=1S/C41H44N4O6Si/c1-25-38(52(4,5)31-17-15-30(50-3)16-18-31)36(22-37(47)44-23-27-11-7-6-10-26(27)20-29(44)24-46)51-41(25)33-21-28(14-19-35(33)43(2)40(41)49)45-39(48)32-12-8-9-13-34(32)42-45/h6-19,21,25,29,36,38,42,46H,20,22-24H2,1-5H3/t25-,29+,36+,38-,41+/m1/s1. The molecule has 4 heterocycles. The number of nitrogens with zero attached hydrogens (tertiary/aromatic N) is 3. The molecule has 10 nitrogen and oxygen atoms in total. The van der Waals surface area contributed by atoms with Crippen molar-refractivity contribution < 1.29 is 24.2 Å². The van der Waals surface area contributed by atoms with Gasteiger partial charge in [0.1, 0.15) is 5.75 Å². The number of aliphatic hydroxyl groups excluding tert-OH is 1. The van der Waals surface area contributed by atoms with Crippen molar-refractivity contribution in [1.29, 1.82) is 0 Å². The van der Waals surface area contributed by atoms with Gasteiger partial charge in [0, 0.05) is 25.1 Å².